The Morgan fingerprint density at radius 1 is 1.12 bits per heavy atom. The highest BCUT2D eigenvalue weighted by Crippen LogP contribution is 2.43. The van der Waals surface area contributed by atoms with Gasteiger partial charge in [0.2, 0.25) is 5.75 Å². The third-order valence-electron chi connectivity index (χ3n) is 5.06. The van der Waals surface area contributed by atoms with Crippen LogP contribution in [0.3, 0.4) is 0 Å². The van der Waals surface area contributed by atoms with Gasteiger partial charge in [0.05, 0.1) is 21.3 Å². The van der Waals surface area contributed by atoms with E-state index in [1.54, 1.807) is 21.3 Å². The van der Waals surface area contributed by atoms with Gasteiger partial charge in [0.15, 0.2) is 11.5 Å². The van der Waals surface area contributed by atoms with Crippen molar-refractivity contribution in [1.29, 1.82) is 0 Å². The predicted octanol–water partition coefficient (Wildman–Crippen LogP) is 4.42. The van der Waals surface area contributed by atoms with E-state index in [1.165, 1.54) is 5.56 Å². The molecule has 1 aromatic heterocycles. The fourth-order valence-corrected chi connectivity index (χ4v) is 3.90. The minimum absolute atomic E-state index is 0.205. The van der Waals surface area contributed by atoms with E-state index in [-0.39, 0.29) is 11.5 Å². The zero-order chi connectivity index (χ0) is 18.9. The van der Waals surface area contributed by atoms with Crippen LogP contribution in [0, 0.1) is 12.3 Å². The van der Waals surface area contributed by atoms with Gasteiger partial charge in [-0.1, -0.05) is 19.9 Å². The second-order valence-electron chi connectivity index (χ2n) is 7.71. The predicted molar refractivity (Wildman–Crippen MR) is 101 cm³/mol. The molecule has 2 aromatic rings. The van der Waals surface area contributed by atoms with Crippen molar-refractivity contribution < 1.29 is 18.6 Å². The van der Waals surface area contributed by atoms with Gasteiger partial charge in [-0.05, 0) is 30.9 Å². The number of benzene rings is 1. The van der Waals surface area contributed by atoms with Crippen LogP contribution in [-0.4, -0.2) is 21.3 Å². The number of aryl methyl sites for hydroxylation is 1. The molecular formula is C21H29NO4. The Labute approximate surface area is 155 Å². The van der Waals surface area contributed by atoms with Gasteiger partial charge in [0, 0.05) is 30.1 Å². The highest BCUT2D eigenvalue weighted by Gasteiger charge is 2.34. The van der Waals surface area contributed by atoms with E-state index in [4.69, 9.17) is 18.6 Å². The van der Waals surface area contributed by atoms with Crippen molar-refractivity contribution in [1.82, 2.24) is 5.32 Å². The molecule has 1 atom stereocenters. The summed E-state index contributed by atoms with van der Waals surface area (Å²) in [5.41, 5.74) is 2.52. The van der Waals surface area contributed by atoms with Gasteiger partial charge < -0.3 is 23.9 Å². The molecule has 3 rings (SSSR count). The number of hydrogen-bond acceptors (Lipinski definition) is 5. The Kier molecular flexibility index (Phi) is 5.19. The SMILES string of the molecule is COc1ccc(CNC2CC(C)(C)Cc3oc(C)cc32)c(OC)c1OC. The first-order valence-electron chi connectivity index (χ1n) is 8.99. The molecule has 1 aliphatic carbocycles. The van der Waals surface area contributed by atoms with Gasteiger partial charge in [-0.15, -0.1) is 0 Å². The molecule has 0 spiro atoms. The Balaban J connectivity index is 1.85. The van der Waals surface area contributed by atoms with Crippen molar-refractivity contribution in [2.75, 3.05) is 21.3 Å². The lowest BCUT2D eigenvalue weighted by molar-refractivity contribution is 0.233. The van der Waals surface area contributed by atoms with Crippen LogP contribution in [0.15, 0.2) is 22.6 Å². The number of ether oxygens (including phenoxy) is 3. The molecule has 0 bridgehead atoms. The molecule has 1 heterocycles. The summed E-state index contributed by atoms with van der Waals surface area (Å²) in [7, 11) is 4.91. The maximum atomic E-state index is 5.93. The molecule has 5 nitrogen and oxygen atoms in total. The zero-order valence-corrected chi connectivity index (χ0v) is 16.6. The highest BCUT2D eigenvalue weighted by molar-refractivity contribution is 5.55. The number of rotatable bonds is 6. The minimum Gasteiger partial charge on any atom is -0.493 e. The van der Waals surface area contributed by atoms with E-state index in [0.29, 0.717) is 23.8 Å². The zero-order valence-electron chi connectivity index (χ0n) is 16.6. The Hall–Kier alpha value is -2.14. The first-order chi connectivity index (χ1) is 12.4. The van der Waals surface area contributed by atoms with Crippen molar-refractivity contribution in [3.8, 4) is 17.2 Å². The van der Waals surface area contributed by atoms with Crippen LogP contribution >= 0.6 is 0 Å². The topological polar surface area (TPSA) is 52.9 Å². The van der Waals surface area contributed by atoms with Gasteiger partial charge in [0.1, 0.15) is 11.5 Å². The van der Waals surface area contributed by atoms with Crippen LogP contribution in [-0.2, 0) is 13.0 Å². The van der Waals surface area contributed by atoms with E-state index in [0.717, 1.165) is 29.9 Å². The molecule has 0 radical (unpaired) electrons. The van der Waals surface area contributed by atoms with Gasteiger partial charge >= 0.3 is 0 Å². The minimum atomic E-state index is 0.205. The largest absolute Gasteiger partial charge is 0.493 e. The van der Waals surface area contributed by atoms with Gasteiger partial charge in [-0.25, -0.2) is 0 Å². The summed E-state index contributed by atoms with van der Waals surface area (Å²) in [5, 5.41) is 3.69. The summed E-state index contributed by atoms with van der Waals surface area (Å²) in [5.74, 6) is 4.08. The standard InChI is InChI=1S/C21H29NO4/c1-13-9-15-16(10-21(2,3)11-18(15)26-13)22-12-14-7-8-17(23-4)20(25-6)19(14)24-5/h7-9,16,22H,10-12H2,1-6H3. The average Bonchev–Trinajstić information content (AvgIpc) is 2.97. The number of hydrogen-bond donors (Lipinski definition) is 1. The van der Waals surface area contributed by atoms with E-state index >= 15 is 0 Å². The van der Waals surface area contributed by atoms with Crippen LogP contribution in [0.5, 0.6) is 17.2 Å². The van der Waals surface area contributed by atoms with Crippen LogP contribution in [0.1, 0.15) is 49.0 Å². The number of fused-ring (bicyclic) bond motifs is 1. The van der Waals surface area contributed by atoms with E-state index in [2.05, 4.69) is 25.2 Å². The molecule has 1 unspecified atom stereocenters. The summed E-state index contributed by atoms with van der Waals surface area (Å²) in [6.07, 6.45) is 2.04. The Bertz CT molecular complexity index is 779. The molecule has 1 N–H and O–H groups in total. The maximum absolute atomic E-state index is 5.93. The lowest BCUT2D eigenvalue weighted by Gasteiger charge is -2.35. The van der Waals surface area contributed by atoms with Crippen LogP contribution in [0.25, 0.3) is 0 Å². The second-order valence-corrected chi connectivity index (χ2v) is 7.71. The quantitative estimate of drug-likeness (QED) is 0.827. The summed E-state index contributed by atoms with van der Waals surface area (Å²) >= 11 is 0. The van der Waals surface area contributed by atoms with E-state index in [9.17, 15) is 0 Å². The molecular weight excluding hydrogens is 330 g/mol. The first-order valence-corrected chi connectivity index (χ1v) is 8.99. The molecule has 1 aliphatic rings. The van der Waals surface area contributed by atoms with E-state index < -0.39 is 0 Å². The normalized spacial score (nSPS) is 18.3. The highest BCUT2D eigenvalue weighted by atomic mass is 16.5. The van der Waals surface area contributed by atoms with Crippen LogP contribution in [0.2, 0.25) is 0 Å². The lowest BCUT2D eigenvalue weighted by atomic mass is 9.74. The van der Waals surface area contributed by atoms with Crippen molar-refractivity contribution >= 4 is 0 Å². The maximum Gasteiger partial charge on any atom is 0.203 e. The second kappa shape index (κ2) is 7.23. The molecule has 0 saturated heterocycles. The van der Waals surface area contributed by atoms with Crippen molar-refractivity contribution in [2.45, 2.75) is 46.2 Å². The fourth-order valence-electron chi connectivity index (χ4n) is 3.90. The average molecular weight is 359 g/mol. The van der Waals surface area contributed by atoms with E-state index in [1.807, 2.05) is 19.1 Å². The lowest BCUT2D eigenvalue weighted by Crippen LogP contribution is -2.32. The van der Waals surface area contributed by atoms with Crippen molar-refractivity contribution in [2.24, 2.45) is 5.41 Å². The van der Waals surface area contributed by atoms with Crippen molar-refractivity contribution in [3.05, 3.63) is 40.8 Å². The number of nitrogens with one attached hydrogen (secondary N) is 1. The Morgan fingerprint density at radius 2 is 1.85 bits per heavy atom. The molecule has 0 aliphatic heterocycles. The molecule has 5 heteroatoms. The van der Waals surface area contributed by atoms with Gasteiger partial charge in [0.25, 0.3) is 0 Å². The fraction of sp³-hybridized carbons (Fsp3) is 0.524. The molecule has 1 aromatic carbocycles. The van der Waals surface area contributed by atoms with Gasteiger partial charge in [-0.2, -0.15) is 0 Å². The first kappa shape index (κ1) is 18.6. The summed E-state index contributed by atoms with van der Waals surface area (Å²) in [6, 6.07) is 6.34. The third-order valence-corrected chi connectivity index (χ3v) is 5.06. The smallest absolute Gasteiger partial charge is 0.203 e. The molecule has 0 amide bonds. The van der Waals surface area contributed by atoms with Crippen molar-refractivity contribution in [3.63, 3.8) is 0 Å². The summed E-state index contributed by atoms with van der Waals surface area (Å²) < 4.78 is 22.4. The Morgan fingerprint density at radius 3 is 2.50 bits per heavy atom. The monoisotopic (exact) mass is 359 g/mol. The van der Waals surface area contributed by atoms with Gasteiger partial charge in [-0.3, -0.25) is 0 Å². The summed E-state index contributed by atoms with van der Waals surface area (Å²) in [4.78, 5) is 0. The molecule has 0 saturated carbocycles. The number of furan rings is 1. The molecule has 26 heavy (non-hydrogen) atoms. The van der Waals surface area contributed by atoms with Crippen LogP contribution in [0.4, 0.5) is 0 Å². The van der Waals surface area contributed by atoms with Crippen LogP contribution < -0.4 is 19.5 Å². The molecule has 0 fully saturated rings. The third kappa shape index (κ3) is 3.54. The number of methoxy groups -OCH3 is 3. The summed E-state index contributed by atoms with van der Waals surface area (Å²) in [6.45, 7) is 7.27. The molecule has 142 valence electrons.